The SMILES string of the molecule is C=C[C@@H]1C[C@]1(CC(=O)[C@@H]1C[C@@]2(CN1C(=O)[C@@H](CC(=O)[C@@H](NC(=O)[C@@H]1CCCCN1C(C)C)C1CCCCC1)C(C)(C)C)C(C)(C)C21CCC1)C(=O)NS(=O)(=O)N1CC[C@H](F)C1. The molecule has 4 saturated carbocycles. The predicted octanol–water partition coefficient (Wildman–Crippen LogP) is 6.29. The van der Waals surface area contributed by atoms with Crippen molar-refractivity contribution in [3.8, 4) is 0 Å². The molecule has 0 aromatic carbocycles. The smallest absolute Gasteiger partial charge is 0.303 e. The number of carbonyl (C=O) groups is 5. The quantitative estimate of drug-likeness (QED) is 0.182. The molecular weight excluding hydrogens is 798 g/mol. The largest absolute Gasteiger partial charge is 0.345 e. The monoisotopic (exact) mass is 872 g/mol. The minimum atomic E-state index is -4.33. The normalized spacial score (nSPS) is 33.6. The fraction of sp³-hybridized carbons (Fsp3) is 0.851. The minimum Gasteiger partial charge on any atom is -0.345 e. The summed E-state index contributed by atoms with van der Waals surface area (Å²) in [5.74, 6) is -2.84. The van der Waals surface area contributed by atoms with Crippen LogP contribution in [-0.4, -0.2) is 108 Å². The average Bonchev–Trinajstić information content (AvgIpc) is 3.73. The average molecular weight is 872 g/mol. The fourth-order valence-electron chi connectivity index (χ4n) is 13.2. The number of allylic oxidation sites excluding steroid dienone is 1. The summed E-state index contributed by atoms with van der Waals surface area (Å²) in [5, 5.41) is 3.26. The van der Waals surface area contributed by atoms with Gasteiger partial charge in [-0.3, -0.25) is 28.9 Å². The van der Waals surface area contributed by atoms with E-state index < -0.39 is 57.0 Å². The predicted molar refractivity (Wildman–Crippen MR) is 232 cm³/mol. The number of hydrogen-bond acceptors (Lipinski definition) is 8. The Hall–Kier alpha value is -2.71. The Morgan fingerprint density at radius 3 is 2.10 bits per heavy atom. The molecule has 61 heavy (non-hydrogen) atoms. The molecule has 0 bridgehead atoms. The minimum absolute atomic E-state index is 0.00363. The van der Waals surface area contributed by atoms with Crippen molar-refractivity contribution >= 4 is 39.5 Å². The zero-order valence-corrected chi connectivity index (χ0v) is 38.8. The lowest BCUT2D eigenvalue weighted by molar-refractivity contribution is -0.147. The van der Waals surface area contributed by atoms with Gasteiger partial charge in [-0.2, -0.15) is 12.7 Å². The van der Waals surface area contributed by atoms with E-state index in [1.54, 1.807) is 11.0 Å². The summed E-state index contributed by atoms with van der Waals surface area (Å²) >= 11 is 0. The van der Waals surface area contributed by atoms with Crippen LogP contribution in [0.5, 0.6) is 0 Å². The van der Waals surface area contributed by atoms with Crippen LogP contribution in [-0.2, 0) is 34.2 Å². The van der Waals surface area contributed by atoms with Gasteiger partial charge in [0.25, 0.3) is 0 Å². The zero-order valence-electron chi connectivity index (χ0n) is 38.0. The van der Waals surface area contributed by atoms with E-state index in [4.69, 9.17) is 0 Å². The number of rotatable bonds is 15. The maximum Gasteiger partial charge on any atom is 0.303 e. The number of halogens is 1. The molecule has 12 nitrogen and oxygen atoms in total. The second kappa shape index (κ2) is 16.7. The van der Waals surface area contributed by atoms with Gasteiger partial charge in [0.05, 0.1) is 23.5 Å². The molecule has 7 aliphatic rings. The molecule has 342 valence electrons. The van der Waals surface area contributed by atoms with E-state index in [1.807, 2.05) is 20.8 Å². The van der Waals surface area contributed by atoms with Crippen molar-refractivity contribution in [3.05, 3.63) is 12.7 Å². The first-order chi connectivity index (χ1) is 28.6. The van der Waals surface area contributed by atoms with Crippen molar-refractivity contribution < 1.29 is 36.8 Å². The van der Waals surface area contributed by atoms with E-state index in [0.717, 1.165) is 81.5 Å². The van der Waals surface area contributed by atoms with Crippen molar-refractivity contribution in [3.63, 3.8) is 0 Å². The summed E-state index contributed by atoms with van der Waals surface area (Å²) in [4.78, 5) is 77.2. The summed E-state index contributed by atoms with van der Waals surface area (Å²) in [6, 6.07) is -1.67. The van der Waals surface area contributed by atoms with E-state index >= 15 is 4.79 Å². The standard InChI is InChI=1S/C47H74FN5O7S/c1-9-32-25-45(32,42(58)50-61(59,60)51-23-19-33(48)28-51)27-38(55)36-26-47(44(7,8)46(47)20-15-21-46)29-53(36)41(57)34(43(4,5)6)24-37(54)39(31-16-11-10-12-17-31)49-40(56)35-18-13-14-22-52(35)30(2)3/h9,30-36,39H,1,10-29H2,2-8H3,(H,49,56)(H,50,58)/t32-,33+,34-,35+,36+,39+,45-,47-/m1/s1. The highest BCUT2D eigenvalue weighted by Crippen LogP contribution is 2.88. The topological polar surface area (TPSA) is 153 Å². The van der Waals surface area contributed by atoms with Gasteiger partial charge in [-0.15, -0.1) is 6.58 Å². The van der Waals surface area contributed by atoms with Crippen molar-refractivity contribution in [1.29, 1.82) is 0 Å². The number of hydrogen-bond donors (Lipinski definition) is 2. The Bertz CT molecular complexity index is 1870. The molecule has 4 aliphatic carbocycles. The van der Waals surface area contributed by atoms with Crippen molar-refractivity contribution in [2.75, 3.05) is 26.2 Å². The van der Waals surface area contributed by atoms with Crippen LogP contribution < -0.4 is 10.0 Å². The van der Waals surface area contributed by atoms with Crippen LogP contribution >= 0.6 is 0 Å². The van der Waals surface area contributed by atoms with Gasteiger partial charge in [0.1, 0.15) is 6.17 Å². The number of amides is 3. The molecule has 0 radical (unpaired) electrons. The van der Waals surface area contributed by atoms with Gasteiger partial charge in [0.15, 0.2) is 11.6 Å². The number of ketones is 2. The van der Waals surface area contributed by atoms with Crippen LogP contribution in [0.3, 0.4) is 0 Å². The molecule has 3 amide bonds. The number of likely N-dealkylation sites (tertiary alicyclic amines) is 2. The molecule has 3 aliphatic heterocycles. The van der Waals surface area contributed by atoms with E-state index in [2.05, 4.69) is 49.2 Å². The Morgan fingerprint density at radius 1 is 0.885 bits per heavy atom. The van der Waals surface area contributed by atoms with Crippen LogP contribution in [0.2, 0.25) is 0 Å². The second-order valence-electron chi connectivity index (χ2n) is 22.2. The van der Waals surface area contributed by atoms with Crippen LogP contribution in [0.15, 0.2) is 12.7 Å². The fourth-order valence-corrected chi connectivity index (χ4v) is 14.5. The zero-order chi connectivity index (χ0) is 44.5. The van der Waals surface area contributed by atoms with Crippen LogP contribution in [0, 0.1) is 44.8 Å². The molecular formula is C47H74FN5O7S. The van der Waals surface area contributed by atoms with E-state index in [0.29, 0.717) is 13.0 Å². The second-order valence-corrected chi connectivity index (χ2v) is 23.8. The summed E-state index contributed by atoms with van der Waals surface area (Å²) in [6.45, 7) is 19.3. The molecule has 3 saturated heterocycles. The van der Waals surface area contributed by atoms with Crippen LogP contribution in [0.4, 0.5) is 4.39 Å². The molecule has 0 unspecified atom stereocenters. The Balaban J connectivity index is 1.15. The third kappa shape index (κ3) is 8.07. The Morgan fingerprint density at radius 2 is 1.56 bits per heavy atom. The number of Topliss-reactive ketones (excluding diaryl/α,β-unsaturated/α-hetero) is 2. The summed E-state index contributed by atoms with van der Waals surface area (Å²) in [5.41, 5.74) is -2.46. The van der Waals surface area contributed by atoms with E-state index in [-0.39, 0.29) is 96.4 Å². The number of nitrogens with one attached hydrogen (secondary N) is 2. The van der Waals surface area contributed by atoms with Crippen molar-refractivity contribution in [2.24, 2.45) is 44.8 Å². The molecule has 7 rings (SSSR count). The van der Waals surface area contributed by atoms with Crippen molar-refractivity contribution in [1.82, 2.24) is 24.1 Å². The number of piperidine rings is 1. The van der Waals surface area contributed by atoms with Crippen molar-refractivity contribution in [2.45, 2.75) is 182 Å². The van der Waals surface area contributed by atoms with Gasteiger partial charge in [-0.25, -0.2) is 9.11 Å². The number of nitrogens with zero attached hydrogens (tertiary/aromatic N) is 3. The lowest BCUT2D eigenvalue weighted by atomic mass is 9.73. The maximum absolute atomic E-state index is 15.4. The first-order valence-corrected chi connectivity index (χ1v) is 25.0. The molecule has 0 aromatic rings. The van der Waals surface area contributed by atoms with Gasteiger partial charge < -0.3 is 10.2 Å². The summed E-state index contributed by atoms with van der Waals surface area (Å²) in [6.07, 6.45) is 11.2. The summed E-state index contributed by atoms with van der Waals surface area (Å²) < 4.78 is 43.5. The molecule has 14 heteroatoms. The van der Waals surface area contributed by atoms with Crippen LogP contribution in [0.1, 0.15) is 151 Å². The molecule has 8 atom stereocenters. The molecule has 3 heterocycles. The molecule has 2 N–H and O–H groups in total. The van der Waals surface area contributed by atoms with Gasteiger partial charge in [-0.05, 0) is 106 Å². The van der Waals surface area contributed by atoms with Gasteiger partial charge in [0.2, 0.25) is 17.7 Å². The van der Waals surface area contributed by atoms with Gasteiger partial charge >= 0.3 is 10.2 Å². The lowest BCUT2D eigenvalue weighted by Crippen LogP contribution is -2.57. The Kier molecular flexibility index (Phi) is 12.7. The first-order valence-electron chi connectivity index (χ1n) is 23.6. The molecule has 2 spiro atoms. The number of alkyl halides is 1. The maximum atomic E-state index is 15.4. The number of carbonyl (C=O) groups excluding carboxylic acids is 5. The Labute approximate surface area is 364 Å². The third-order valence-electron chi connectivity index (χ3n) is 17.5. The van der Waals surface area contributed by atoms with E-state index in [1.165, 1.54) is 0 Å². The lowest BCUT2D eigenvalue weighted by Gasteiger charge is -2.40. The first kappa shape index (κ1) is 46.3. The van der Waals surface area contributed by atoms with E-state index in [9.17, 15) is 32.0 Å². The highest BCUT2D eigenvalue weighted by Gasteiger charge is 2.85. The van der Waals surface area contributed by atoms with Crippen LogP contribution in [0.25, 0.3) is 0 Å². The third-order valence-corrected chi connectivity index (χ3v) is 19.0. The number of fused-ring (bicyclic) bond motifs is 1. The highest BCUT2D eigenvalue weighted by atomic mass is 32.2. The highest BCUT2D eigenvalue weighted by molar-refractivity contribution is 7.87. The molecule has 7 fully saturated rings. The van der Waals surface area contributed by atoms with Gasteiger partial charge in [0, 0.05) is 49.9 Å². The summed E-state index contributed by atoms with van der Waals surface area (Å²) in [7, 11) is -4.33. The molecule has 0 aromatic heterocycles. The van der Waals surface area contributed by atoms with Gasteiger partial charge in [-0.1, -0.05) is 72.8 Å².